The lowest BCUT2D eigenvalue weighted by molar-refractivity contribution is -0.139. The number of anilines is 1. The van der Waals surface area contributed by atoms with E-state index in [1.165, 1.54) is 29.2 Å². The molecular formula is C28H31ClFN3O4S. The molecule has 2 atom stereocenters. The molecule has 0 aliphatic carbocycles. The van der Waals surface area contributed by atoms with Crippen LogP contribution in [-0.2, 0) is 26.2 Å². The summed E-state index contributed by atoms with van der Waals surface area (Å²) in [6.07, 6.45) is 0.703. The fraction of sp³-hybridized carbons (Fsp3) is 0.286. The summed E-state index contributed by atoms with van der Waals surface area (Å²) >= 11 is 6.14. The van der Waals surface area contributed by atoms with E-state index in [1.807, 2.05) is 13.8 Å². The van der Waals surface area contributed by atoms with E-state index in [0.717, 1.165) is 16.4 Å². The standard InChI is InChI=1S/C28H31ClFN3O4S/c1-4-20(2)31-28(35)21(3)32(18-22-9-8-10-23(29)17-22)27(34)19-33(25-15-13-24(30)14-16-25)38(36,37)26-11-6-5-7-12-26/h5-17,20-21H,4,18-19H2,1-3H3,(H,31,35)/t20-,21-/m0/s1. The lowest BCUT2D eigenvalue weighted by Gasteiger charge is -2.32. The molecule has 0 unspecified atom stereocenters. The monoisotopic (exact) mass is 559 g/mol. The Kier molecular flexibility index (Phi) is 9.88. The summed E-state index contributed by atoms with van der Waals surface area (Å²) in [5.74, 6) is -1.52. The first-order valence-electron chi connectivity index (χ1n) is 12.2. The third-order valence-electron chi connectivity index (χ3n) is 6.13. The summed E-state index contributed by atoms with van der Waals surface area (Å²) in [6, 6.07) is 18.4. The minimum atomic E-state index is -4.20. The van der Waals surface area contributed by atoms with Crippen LogP contribution < -0.4 is 9.62 Å². The SMILES string of the molecule is CC[C@H](C)NC(=O)[C@H](C)N(Cc1cccc(Cl)c1)C(=O)CN(c1ccc(F)cc1)S(=O)(=O)c1ccccc1. The number of carbonyl (C=O) groups excluding carboxylic acids is 2. The van der Waals surface area contributed by atoms with Crippen LogP contribution in [0, 0.1) is 5.82 Å². The summed E-state index contributed by atoms with van der Waals surface area (Å²) in [4.78, 5) is 28.1. The van der Waals surface area contributed by atoms with Crippen LogP contribution in [0.1, 0.15) is 32.8 Å². The molecule has 0 aliphatic heterocycles. The quantitative estimate of drug-likeness (QED) is 0.358. The van der Waals surface area contributed by atoms with Gasteiger partial charge in [-0.05, 0) is 74.4 Å². The van der Waals surface area contributed by atoms with E-state index in [4.69, 9.17) is 11.6 Å². The number of amides is 2. The predicted octanol–water partition coefficient (Wildman–Crippen LogP) is 5.01. The van der Waals surface area contributed by atoms with Gasteiger partial charge in [0.1, 0.15) is 18.4 Å². The number of hydrogen-bond acceptors (Lipinski definition) is 4. The van der Waals surface area contributed by atoms with Crippen molar-refractivity contribution < 1.29 is 22.4 Å². The molecule has 202 valence electrons. The van der Waals surface area contributed by atoms with Crippen molar-refractivity contribution in [2.24, 2.45) is 0 Å². The number of carbonyl (C=O) groups is 2. The number of sulfonamides is 1. The van der Waals surface area contributed by atoms with Gasteiger partial charge in [-0.15, -0.1) is 0 Å². The third kappa shape index (κ3) is 7.33. The highest BCUT2D eigenvalue weighted by atomic mass is 35.5. The lowest BCUT2D eigenvalue weighted by atomic mass is 10.1. The van der Waals surface area contributed by atoms with Gasteiger partial charge in [0.25, 0.3) is 10.0 Å². The molecule has 0 radical (unpaired) electrons. The van der Waals surface area contributed by atoms with Gasteiger partial charge in [0.15, 0.2) is 0 Å². The minimum Gasteiger partial charge on any atom is -0.352 e. The average molecular weight is 560 g/mol. The normalized spacial score (nSPS) is 12.9. The maximum absolute atomic E-state index is 13.8. The van der Waals surface area contributed by atoms with Gasteiger partial charge in [0.05, 0.1) is 10.6 Å². The van der Waals surface area contributed by atoms with Gasteiger partial charge >= 0.3 is 0 Å². The van der Waals surface area contributed by atoms with Crippen LogP contribution in [0.25, 0.3) is 0 Å². The van der Waals surface area contributed by atoms with E-state index in [0.29, 0.717) is 17.0 Å². The van der Waals surface area contributed by atoms with Crippen LogP contribution in [0.3, 0.4) is 0 Å². The lowest BCUT2D eigenvalue weighted by Crippen LogP contribution is -2.52. The molecule has 3 rings (SSSR count). The van der Waals surface area contributed by atoms with Crippen LogP contribution >= 0.6 is 11.6 Å². The van der Waals surface area contributed by atoms with Gasteiger partial charge in [-0.3, -0.25) is 13.9 Å². The predicted molar refractivity (Wildman–Crippen MR) is 147 cm³/mol. The largest absolute Gasteiger partial charge is 0.352 e. The first kappa shape index (κ1) is 29.1. The van der Waals surface area contributed by atoms with E-state index < -0.39 is 34.3 Å². The van der Waals surface area contributed by atoms with Crippen molar-refractivity contribution in [3.05, 3.63) is 95.3 Å². The highest BCUT2D eigenvalue weighted by Gasteiger charge is 2.32. The molecule has 0 heterocycles. The molecule has 0 saturated heterocycles. The third-order valence-corrected chi connectivity index (χ3v) is 8.16. The van der Waals surface area contributed by atoms with Crippen LogP contribution in [0.2, 0.25) is 5.02 Å². The van der Waals surface area contributed by atoms with Gasteiger partial charge < -0.3 is 10.2 Å². The number of nitrogens with one attached hydrogen (secondary N) is 1. The molecule has 0 aromatic heterocycles. The van der Waals surface area contributed by atoms with Crippen molar-refractivity contribution in [3.8, 4) is 0 Å². The Morgan fingerprint density at radius 1 is 0.974 bits per heavy atom. The zero-order valence-electron chi connectivity index (χ0n) is 21.5. The van der Waals surface area contributed by atoms with E-state index in [1.54, 1.807) is 49.4 Å². The zero-order valence-corrected chi connectivity index (χ0v) is 23.0. The van der Waals surface area contributed by atoms with Crippen LogP contribution in [0.5, 0.6) is 0 Å². The summed E-state index contributed by atoms with van der Waals surface area (Å²) in [5.41, 5.74) is 0.788. The van der Waals surface area contributed by atoms with Gasteiger partial charge in [0, 0.05) is 17.6 Å². The molecule has 0 aliphatic rings. The van der Waals surface area contributed by atoms with E-state index in [-0.39, 0.29) is 29.1 Å². The van der Waals surface area contributed by atoms with Gasteiger partial charge in [-0.25, -0.2) is 12.8 Å². The van der Waals surface area contributed by atoms with Crippen molar-refractivity contribution >= 4 is 39.1 Å². The van der Waals surface area contributed by atoms with Crippen molar-refractivity contribution in [2.45, 2.75) is 50.7 Å². The van der Waals surface area contributed by atoms with Gasteiger partial charge in [-0.2, -0.15) is 0 Å². The van der Waals surface area contributed by atoms with E-state index in [9.17, 15) is 22.4 Å². The first-order chi connectivity index (χ1) is 18.0. The summed E-state index contributed by atoms with van der Waals surface area (Å²) in [5, 5.41) is 3.34. The smallest absolute Gasteiger partial charge is 0.264 e. The molecule has 3 aromatic carbocycles. The number of hydrogen-bond donors (Lipinski definition) is 1. The van der Waals surface area contributed by atoms with Crippen molar-refractivity contribution in [1.29, 1.82) is 0 Å². The van der Waals surface area contributed by atoms with Crippen LogP contribution in [0.4, 0.5) is 10.1 Å². The Labute approximate surface area is 228 Å². The molecule has 0 saturated carbocycles. The summed E-state index contributed by atoms with van der Waals surface area (Å²) in [7, 11) is -4.20. The van der Waals surface area contributed by atoms with Gasteiger partial charge in [-0.1, -0.05) is 48.9 Å². The highest BCUT2D eigenvalue weighted by molar-refractivity contribution is 7.92. The molecule has 1 N–H and O–H groups in total. The Morgan fingerprint density at radius 2 is 1.63 bits per heavy atom. The second-order valence-electron chi connectivity index (χ2n) is 8.95. The van der Waals surface area contributed by atoms with Crippen LogP contribution in [0.15, 0.2) is 83.8 Å². The zero-order chi connectivity index (χ0) is 27.9. The second kappa shape index (κ2) is 12.9. The molecule has 38 heavy (non-hydrogen) atoms. The summed E-state index contributed by atoms with van der Waals surface area (Å²) in [6.45, 7) is 4.80. The second-order valence-corrected chi connectivity index (χ2v) is 11.2. The molecule has 3 aromatic rings. The molecule has 7 nitrogen and oxygen atoms in total. The average Bonchev–Trinajstić information content (AvgIpc) is 2.90. The molecule has 0 fully saturated rings. The Bertz CT molecular complexity index is 1350. The fourth-order valence-corrected chi connectivity index (χ4v) is 5.38. The molecular weight excluding hydrogens is 529 g/mol. The van der Waals surface area contributed by atoms with Gasteiger partial charge in [0.2, 0.25) is 11.8 Å². The number of rotatable bonds is 11. The molecule has 10 heteroatoms. The number of halogens is 2. The van der Waals surface area contributed by atoms with Crippen molar-refractivity contribution in [1.82, 2.24) is 10.2 Å². The fourth-order valence-electron chi connectivity index (χ4n) is 3.74. The summed E-state index contributed by atoms with van der Waals surface area (Å²) < 4.78 is 41.9. The molecule has 2 amide bonds. The first-order valence-corrected chi connectivity index (χ1v) is 14.0. The Hall–Kier alpha value is -3.43. The Morgan fingerprint density at radius 3 is 2.24 bits per heavy atom. The molecule has 0 spiro atoms. The van der Waals surface area contributed by atoms with Crippen LogP contribution in [-0.4, -0.2) is 43.8 Å². The maximum atomic E-state index is 13.8. The van der Waals surface area contributed by atoms with E-state index >= 15 is 0 Å². The number of nitrogens with zero attached hydrogens (tertiary/aromatic N) is 2. The maximum Gasteiger partial charge on any atom is 0.264 e. The van der Waals surface area contributed by atoms with Crippen molar-refractivity contribution in [3.63, 3.8) is 0 Å². The van der Waals surface area contributed by atoms with E-state index in [2.05, 4.69) is 5.32 Å². The molecule has 0 bridgehead atoms. The Balaban J connectivity index is 2.01. The topological polar surface area (TPSA) is 86.8 Å². The highest BCUT2D eigenvalue weighted by Crippen LogP contribution is 2.25. The minimum absolute atomic E-state index is 0.0249. The van der Waals surface area contributed by atoms with Crippen molar-refractivity contribution in [2.75, 3.05) is 10.8 Å². The number of benzene rings is 3.